The molecule has 0 aliphatic carbocycles. The van der Waals surface area contributed by atoms with Gasteiger partial charge in [-0.1, -0.05) is 29.0 Å². The summed E-state index contributed by atoms with van der Waals surface area (Å²) in [6.45, 7) is 1.99. The molecule has 2 N–H and O–H groups in total. The quantitative estimate of drug-likeness (QED) is 0.595. The molecular weight excluding hydrogens is 446 g/mol. The number of sulfone groups is 1. The van der Waals surface area contributed by atoms with Gasteiger partial charge < -0.3 is 10.6 Å². The number of benzene rings is 2. The number of hydrogen-bond donors (Lipinski definition) is 2. The molecule has 1 aromatic heterocycles. The number of halogens is 1. The van der Waals surface area contributed by atoms with E-state index in [9.17, 15) is 13.2 Å². The van der Waals surface area contributed by atoms with E-state index in [1.54, 1.807) is 12.3 Å². The van der Waals surface area contributed by atoms with Gasteiger partial charge in [-0.15, -0.1) is 10.2 Å². The van der Waals surface area contributed by atoms with Crippen molar-refractivity contribution in [2.24, 2.45) is 4.99 Å². The molecule has 0 fully saturated rings. The molecule has 0 atom stereocenters. The van der Waals surface area contributed by atoms with E-state index in [1.807, 2.05) is 12.1 Å². The van der Waals surface area contributed by atoms with Gasteiger partial charge in [-0.2, -0.15) is 0 Å². The molecule has 3 aromatic rings. The molecule has 1 aliphatic rings. The molecule has 154 valence electrons. The van der Waals surface area contributed by atoms with Crippen LogP contribution in [0.15, 0.2) is 40.2 Å². The molecule has 0 radical (unpaired) electrons. The SMILES string of the molecule is CC(=O)Nc1ccc(S(C)(=O)=O)c(-c2nnc(Nc3ccc4c(c3Cl)C=NC4)s2)c1. The molecule has 0 bridgehead atoms. The van der Waals surface area contributed by atoms with Gasteiger partial charge in [0.05, 0.1) is 22.2 Å². The van der Waals surface area contributed by atoms with Crippen molar-refractivity contribution in [1.29, 1.82) is 0 Å². The molecule has 1 aliphatic heterocycles. The fraction of sp³-hybridized carbons (Fsp3) is 0.158. The summed E-state index contributed by atoms with van der Waals surface area (Å²) < 4.78 is 24.5. The molecular formula is C19H16ClN5O3S2. The molecule has 4 rings (SSSR count). The highest BCUT2D eigenvalue weighted by atomic mass is 35.5. The van der Waals surface area contributed by atoms with Crippen LogP contribution in [0.5, 0.6) is 0 Å². The first-order valence-electron chi connectivity index (χ1n) is 8.76. The number of hydrogen-bond acceptors (Lipinski definition) is 8. The number of nitrogens with zero attached hydrogens (tertiary/aromatic N) is 3. The first-order chi connectivity index (χ1) is 14.2. The van der Waals surface area contributed by atoms with Crippen molar-refractivity contribution in [2.75, 3.05) is 16.9 Å². The monoisotopic (exact) mass is 461 g/mol. The van der Waals surface area contributed by atoms with Crippen LogP contribution in [-0.2, 0) is 21.2 Å². The van der Waals surface area contributed by atoms with E-state index in [0.717, 1.165) is 17.4 Å². The number of carbonyl (C=O) groups is 1. The van der Waals surface area contributed by atoms with Crippen LogP contribution in [0.25, 0.3) is 10.6 Å². The number of amides is 1. The van der Waals surface area contributed by atoms with Crippen LogP contribution < -0.4 is 10.6 Å². The Morgan fingerprint density at radius 1 is 1.20 bits per heavy atom. The Hall–Kier alpha value is -2.82. The summed E-state index contributed by atoms with van der Waals surface area (Å²) in [5.74, 6) is -0.262. The molecule has 0 spiro atoms. The standard InChI is InChI=1S/C19H16ClN5O3S2/c1-10(26)22-12-4-6-16(30(2,27)28)13(7-12)18-24-25-19(29-18)23-15-5-3-11-8-21-9-14(11)17(15)20/h3-7,9H,8H2,1-2H3,(H,22,26)(H,23,25). The lowest BCUT2D eigenvalue weighted by Crippen LogP contribution is -2.07. The topological polar surface area (TPSA) is 113 Å². The van der Waals surface area contributed by atoms with Crippen molar-refractivity contribution in [3.8, 4) is 10.6 Å². The summed E-state index contributed by atoms with van der Waals surface area (Å²) in [5.41, 5.74) is 3.41. The largest absolute Gasteiger partial charge is 0.329 e. The number of fused-ring (bicyclic) bond motifs is 1. The average Bonchev–Trinajstić information content (AvgIpc) is 3.32. The van der Waals surface area contributed by atoms with E-state index in [1.165, 1.54) is 30.4 Å². The van der Waals surface area contributed by atoms with Crippen LogP contribution >= 0.6 is 22.9 Å². The first kappa shape index (κ1) is 20.5. The first-order valence-corrected chi connectivity index (χ1v) is 11.8. The second-order valence-electron chi connectivity index (χ2n) is 6.67. The van der Waals surface area contributed by atoms with E-state index in [0.29, 0.717) is 38.6 Å². The maximum Gasteiger partial charge on any atom is 0.221 e. The molecule has 0 saturated carbocycles. The molecule has 0 unspecified atom stereocenters. The summed E-state index contributed by atoms with van der Waals surface area (Å²) in [4.78, 5) is 15.7. The maximum atomic E-state index is 12.2. The number of aliphatic imine (C=N–C) groups is 1. The average molecular weight is 462 g/mol. The predicted octanol–water partition coefficient (Wildman–Crippen LogP) is 3.90. The van der Waals surface area contributed by atoms with E-state index in [2.05, 4.69) is 25.8 Å². The predicted molar refractivity (Wildman–Crippen MR) is 119 cm³/mol. The number of nitrogens with one attached hydrogen (secondary N) is 2. The Labute approximate surface area is 181 Å². The lowest BCUT2D eigenvalue weighted by Gasteiger charge is -2.09. The zero-order valence-electron chi connectivity index (χ0n) is 15.9. The Kier molecular flexibility index (Phi) is 5.31. The van der Waals surface area contributed by atoms with Gasteiger partial charge in [0, 0.05) is 36.2 Å². The van der Waals surface area contributed by atoms with Crippen molar-refractivity contribution in [3.05, 3.63) is 46.5 Å². The Morgan fingerprint density at radius 3 is 2.73 bits per heavy atom. The van der Waals surface area contributed by atoms with E-state index in [4.69, 9.17) is 11.6 Å². The van der Waals surface area contributed by atoms with E-state index in [-0.39, 0.29) is 10.8 Å². The van der Waals surface area contributed by atoms with Crippen LogP contribution in [0.1, 0.15) is 18.1 Å². The molecule has 11 heteroatoms. The summed E-state index contributed by atoms with van der Waals surface area (Å²) >= 11 is 7.64. The maximum absolute atomic E-state index is 12.2. The number of rotatable bonds is 5. The van der Waals surface area contributed by atoms with Crippen LogP contribution in [0, 0.1) is 0 Å². The highest BCUT2D eigenvalue weighted by Crippen LogP contribution is 2.37. The van der Waals surface area contributed by atoms with Crippen molar-refractivity contribution in [1.82, 2.24) is 10.2 Å². The number of anilines is 3. The summed E-state index contributed by atoms with van der Waals surface area (Å²) in [6, 6.07) is 8.34. The van der Waals surface area contributed by atoms with Gasteiger partial charge in [0.25, 0.3) is 0 Å². The van der Waals surface area contributed by atoms with Crippen LogP contribution in [-0.4, -0.2) is 37.0 Å². The van der Waals surface area contributed by atoms with Crippen molar-refractivity contribution in [3.63, 3.8) is 0 Å². The zero-order chi connectivity index (χ0) is 21.5. The van der Waals surface area contributed by atoms with Crippen LogP contribution in [0.2, 0.25) is 5.02 Å². The third-order valence-corrected chi connectivity index (χ3v) is 6.78. The highest BCUT2D eigenvalue weighted by Gasteiger charge is 2.20. The lowest BCUT2D eigenvalue weighted by atomic mass is 10.1. The normalized spacial score (nSPS) is 12.6. The molecule has 0 saturated heterocycles. The van der Waals surface area contributed by atoms with Gasteiger partial charge in [-0.25, -0.2) is 8.42 Å². The fourth-order valence-corrected chi connectivity index (χ4v) is 5.04. The minimum atomic E-state index is -3.52. The van der Waals surface area contributed by atoms with Crippen molar-refractivity contribution in [2.45, 2.75) is 18.4 Å². The molecule has 1 amide bonds. The van der Waals surface area contributed by atoms with Crippen LogP contribution in [0.3, 0.4) is 0 Å². The Morgan fingerprint density at radius 2 is 2.00 bits per heavy atom. The Balaban J connectivity index is 1.70. The molecule has 30 heavy (non-hydrogen) atoms. The molecule has 8 nitrogen and oxygen atoms in total. The second-order valence-corrected chi connectivity index (χ2v) is 10.0. The minimum Gasteiger partial charge on any atom is -0.329 e. The summed E-state index contributed by atoms with van der Waals surface area (Å²) in [5, 5.41) is 15.4. The smallest absolute Gasteiger partial charge is 0.221 e. The minimum absolute atomic E-state index is 0.103. The summed E-state index contributed by atoms with van der Waals surface area (Å²) in [6.07, 6.45) is 2.86. The van der Waals surface area contributed by atoms with Crippen molar-refractivity contribution < 1.29 is 13.2 Å². The van der Waals surface area contributed by atoms with Gasteiger partial charge in [0.1, 0.15) is 0 Å². The van der Waals surface area contributed by atoms with E-state index < -0.39 is 9.84 Å². The van der Waals surface area contributed by atoms with E-state index >= 15 is 0 Å². The third kappa shape index (κ3) is 4.07. The van der Waals surface area contributed by atoms with Gasteiger partial charge in [0.2, 0.25) is 11.0 Å². The zero-order valence-corrected chi connectivity index (χ0v) is 18.3. The second kappa shape index (κ2) is 7.78. The van der Waals surface area contributed by atoms with Crippen molar-refractivity contribution >= 4 is 61.4 Å². The fourth-order valence-electron chi connectivity index (χ4n) is 3.04. The third-order valence-electron chi connectivity index (χ3n) is 4.35. The lowest BCUT2D eigenvalue weighted by molar-refractivity contribution is -0.114. The van der Waals surface area contributed by atoms with Gasteiger partial charge in [-0.05, 0) is 29.8 Å². The molecule has 2 heterocycles. The number of aromatic nitrogens is 2. The van der Waals surface area contributed by atoms with Gasteiger partial charge >= 0.3 is 0 Å². The summed E-state index contributed by atoms with van der Waals surface area (Å²) in [7, 11) is -3.52. The Bertz CT molecular complexity index is 1300. The molecule has 2 aromatic carbocycles. The highest BCUT2D eigenvalue weighted by molar-refractivity contribution is 7.90. The number of carbonyl (C=O) groups excluding carboxylic acids is 1. The van der Waals surface area contributed by atoms with Crippen LogP contribution in [0.4, 0.5) is 16.5 Å². The van der Waals surface area contributed by atoms with Gasteiger partial charge in [0.15, 0.2) is 14.8 Å². The van der Waals surface area contributed by atoms with Gasteiger partial charge in [-0.3, -0.25) is 9.79 Å².